The van der Waals surface area contributed by atoms with Gasteiger partial charge in [-0.2, -0.15) is 0 Å². The number of methoxy groups -OCH3 is 2. The summed E-state index contributed by atoms with van der Waals surface area (Å²) in [5, 5.41) is 4.87. The second-order valence-corrected chi connectivity index (χ2v) is 5.47. The number of carbonyl (C=O) groups excluding carboxylic acids is 3. The molecule has 0 fully saturated rings. The highest BCUT2D eigenvalue weighted by Gasteiger charge is 2.12. The number of rotatable bonds is 8. The van der Waals surface area contributed by atoms with Crippen molar-refractivity contribution < 1.29 is 33.0 Å². The van der Waals surface area contributed by atoms with Gasteiger partial charge in [0.15, 0.2) is 18.1 Å². The van der Waals surface area contributed by atoms with Crippen molar-refractivity contribution in [3.63, 3.8) is 0 Å². The average molecular weight is 390 g/mol. The molecule has 0 bridgehead atoms. The molecule has 0 aromatic heterocycles. The van der Waals surface area contributed by atoms with Crippen molar-refractivity contribution in [2.24, 2.45) is 0 Å². The van der Waals surface area contributed by atoms with Crippen LogP contribution in [-0.2, 0) is 14.3 Å². The first kappa shape index (κ1) is 20.7. The first-order chi connectivity index (χ1) is 13.4. The zero-order valence-corrected chi connectivity index (χ0v) is 15.3. The molecule has 28 heavy (non-hydrogen) atoms. The van der Waals surface area contributed by atoms with E-state index in [4.69, 9.17) is 14.2 Å². The van der Waals surface area contributed by atoms with Crippen LogP contribution in [0.15, 0.2) is 42.5 Å². The third-order valence-corrected chi connectivity index (χ3v) is 3.53. The smallest absolute Gasteiger partial charge is 0.325 e. The van der Waals surface area contributed by atoms with Crippen molar-refractivity contribution in [3.05, 3.63) is 53.8 Å². The third kappa shape index (κ3) is 5.97. The molecule has 2 amide bonds. The fourth-order valence-electron chi connectivity index (χ4n) is 2.16. The number of halogens is 1. The maximum absolute atomic E-state index is 12.8. The van der Waals surface area contributed by atoms with Crippen LogP contribution in [0, 0.1) is 5.82 Å². The standard InChI is InChI=1S/C19H19FN2O6/c1-26-15-8-7-14(9-16(15)27-2)22-17(23)11-28-18(24)10-21-19(25)12-3-5-13(20)6-4-12/h3-9H,10-11H2,1-2H3,(H,21,25)(H,22,23). The van der Waals surface area contributed by atoms with E-state index in [1.807, 2.05) is 0 Å². The molecule has 0 aliphatic rings. The summed E-state index contributed by atoms with van der Waals surface area (Å²) in [6, 6.07) is 9.60. The van der Waals surface area contributed by atoms with Crippen molar-refractivity contribution in [2.75, 3.05) is 32.7 Å². The molecular formula is C19H19FN2O6. The number of amides is 2. The minimum Gasteiger partial charge on any atom is -0.493 e. The maximum Gasteiger partial charge on any atom is 0.325 e. The summed E-state index contributed by atoms with van der Waals surface area (Å²) in [6.07, 6.45) is 0. The van der Waals surface area contributed by atoms with Gasteiger partial charge in [0, 0.05) is 17.3 Å². The summed E-state index contributed by atoms with van der Waals surface area (Å²) in [7, 11) is 2.95. The fraction of sp³-hybridized carbons (Fsp3) is 0.211. The van der Waals surface area contributed by atoms with Gasteiger partial charge in [-0.25, -0.2) is 4.39 Å². The number of esters is 1. The number of hydrogen-bond acceptors (Lipinski definition) is 6. The normalized spacial score (nSPS) is 9.96. The zero-order valence-electron chi connectivity index (χ0n) is 15.3. The van der Waals surface area contributed by atoms with Gasteiger partial charge in [-0.3, -0.25) is 14.4 Å². The second kappa shape index (κ2) is 9.91. The third-order valence-electron chi connectivity index (χ3n) is 3.53. The molecule has 2 rings (SSSR count). The molecule has 8 nitrogen and oxygen atoms in total. The first-order valence-electron chi connectivity index (χ1n) is 8.14. The predicted octanol–water partition coefficient (Wildman–Crippen LogP) is 1.75. The second-order valence-electron chi connectivity index (χ2n) is 5.47. The number of nitrogens with one attached hydrogen (secondary N) is 2. The Balaban J connectivity index is 1.77. The topological polar surface area (TPSA) is 103 Å². The Morgan fingerprint density at radius 3 is 2.29 bits per heavy atom. The van der Waals surface area contributed by atoms with E-state index in [0.717, 1.165) is 12.1 Å². The molecular weight excluding hydrogens is 371 g/mol. The van der Waals surface area contributed by atoms with Gasteiger partial charge in [-0.15, -0.1) is 0 Å². The lowest BCUT2D eigenvalue weighted by Gasteiger charge is -2.11. The Morgan fingerprint density at radius 2 is 1.64 bits per heavy atom. The van der Waals surface area contributed by atoms with E-state index >= 15 is 0 Å². The number of carbonyl (C=O) groups is 3. The highest BCUT2D eigenvalue weighted by molar-refractivity contribution is 5.96. The van der Waals surface area contributed by atoms with Gasteiger partial charge in [0.25, 0.3) is 11.8 Å². The minimum absolute atomic E-state index is 0.195. The fourth-order valence-corrected chi connectivity index (χ4v) is 2.16. The molecule has 0 saturated heterocycles. The highest BCUT2D eigenvalue weighted by atomic mass is 19.1. The van der Waals surface area contributed by atoms with E-state index in [1.165, 1.54) is 26.4 Å². The van der Waals surface area contributed by atoms with Crippen LogP contribution in [0.4, 0.5) is 10.1 Å². The minimum atomic E-state index is -0.794. The van der Waals surface area contributed by atoms with Crippen LogP contribution < -0.4 is 20.1 Å². The molecule has 0 spiro atoms. The van der Waals surface area contributed by atoms with Crippen LogP contribution in [-0.4, -0.2) is 45.2 Å². The molecule has 0 saturated carbocycles. The van der Waals surface area contributed by atoms with Gasteiger partial charge in [-0.05, 0) is 36.4 Å². The molecule has 0 radical (unpaired) electrons. The number of ether oxygens (including phenoxy) is 3. The summed E-state index contributed by atoms with van der Waals surface area (Å²) < 4.78 is 27.9. The van der Waals surface area contributed by atoms with Gasteiger partial charge < -0.3 is 24.8 Å². The Labute approximate surface area is 160 Å². The monoisotopic (exact) mass is 390 g/mol. The molecule has 0 aliphatic carbocycles. The average Bonchev–Trinajstić information content (AvgIpc) is 2.70. The van der Waals surface area contributed by atoms with Gasteiger partial charge in [0.1, 0.15) is 12.4 Å². The molecule has 0 heterocycles. The number of hydrogen-bond donors (Lipinski definition) is 2. The molecule has 2 aromatic rings. The van der Waals surface area contributed by atoms with E-state index in [1.54, 1.807) is 18.2 Å². The van der Waals surface area contributed by atoms with E-state index < -0.39 is 36.8 Å². The summed E-state index contributed by atoms with van der Waals surface area (Å²) in [4.78, 5) is 35.3. The highest BCUT2D eigenvalue weighted by Crippen LogP contribution is 2.29. The van der Waals surface area contributed by atoms with Crippen LogP contribution >= 0.6 is 0 Å². The molecule has 148 valence electrons. The molecule has 2 N–H and O–H groups in total. The summed E-state index contributed by atoms with van der Waals surface area (Å²) in [5.41, 5.74) is 0.628. The van der Waals surface area contributed by atoms with E-state index in [0.29, 0.717) is 17.2 Å². The van der Waals surface area contributed by atoms with Crippen LogP contribution in [0.5, 0.6) is 11.5 Å². The maximum atomic E-state index is 12.8. The molecule has 0 unspecified atom stereocenters. The van der Waals surface area contributed by atoms with Crippen molar-refractivity contribution in [3.8, 4) is 11.5 Å². The first-order valence-corrected chi connectivity index (χ1v) is 8.14. The summed E-state index contributed by atoms with van der Waals surface area (Å²) in [5.74, 6) is -1.46. The molecule has 0 atom stereocenters. The van der Waals surface area contributed by atoms with E-state index in [9.17, 15) is 18.8 Å². The van der Waals surface area contributed by atoms with E-state index in [2.05, 4.69) is 10.6 Å². The SMILES string of the molecule is COc1ccc(NC(=O)COC(=O)CNC(=O)c2ccc(F)cc2)cc1OC. The lowest BCUT2D eigenvalue weighted by molar-refractivity contribution is -0.146. The lowest BCUT2D eigenvalue weighted by atomic mass is 10.2. The Bertz CT molecular complexity index is 854. The quantitative estimate of drug-likeness (QED) is 0.666. The Hall–Kier alpha value is -3.62. The van der Waals surface area contributed by atoms with Crippen LogP contribution in [0.1, 0.15) is 10.4 Å². The van der Waals surface area contributed by atoms with Gasteiger partial charge in [-0.1, -0.05) is 0 Å². The lowest BCUT2D eigenvalue weighted by Crippen LogP contribution is -2.32. The summed E-state index contributed by atoms with van der Waals surface area (Å²) in [6.45, 7) is -0.959. The zero-order chi connectivity index (χ0) is 20.5. The van der Waals surface area contributed by atoms with Crippen molar-refractivity contribution >= 4 is 23.5 Å². The number of anilines is 1. The molecule has 0 aliphatic heterocycles. The van der Waals surface area contributed by atoms with Crippen molar-refractivity contribution in [1.82, 2.24) is 5.32 Å². The molecule has 9 heteroatoms. The number of benzene rings is 2. The van der Waals surface area contributed by atoms with Gasteiger partial charge in [0.05, 0.1) is 14.2 Å². The van der Waals surface area contributed by atoms with E-state index in [-0.39, 0.29) is 5.56 Å². The molecule has 2 aromatic carbocycles. The van der Waals surface area contributed by atoms with Crippen molar-refractivity contribution in [2.45, 2.75) is 0 Å². The van der Waals surface area contributed by atoms with Crippen LogP contribution in [0.25, 0.3) is 0 Å². The predicted molar refractivity (Wildman–Crippen MR) is 97.9 cm³/mol. The van der Waals surface area contributed by atoms with Gasteiger partial charge in [0.2, 0.25) is 0 Å². The Morgan fingerprint density at radius 1 is 0.964 bits per heavy atom. The van der Waals surface area contributed by atoms with Crippen LogP contribution in [0.2, 0.25) is 0 Å². The van der Waals surface area contributed by atoms with Crippen LogP contribution in [0.3, 0.4) is 0 Å². The largest absolute Gasteiger partial charge is 0.493 e. The Kier molecular flexibility index (Phi) is 7.32. The summed E-state index contributed by atoms with van der Waals surface area (Å²) >= 11 is 0. The van der Waals surface area contributed by atoms with Crippen molar-refractivity contribution in [1.29, 1.82) is 0 Å². The van der Waals surface area contributed by atoms with Gasteiger partial charge >= 0.3 is 5.97 Å².